The maximum Gasteiger partial charge on any atom is 0.226 e. The highest BCUT2D eigenvalue weighted by Gasteiger charge is 2.50. The largest absolute Gasteiger partial charge is 0.384 e. The summed E-state index contributed by atoms with van der Waals surface area (Å²) in [6, 6.07) is 10.1. The van der Waals surface area contributed by atoms with Crippen molar-refractivity contribution in [2.24, 2.45) is 16.6 Å². The van der Waals surface area contributed by atoms with Crippen LogP contribution in [0, 0.1) is 18.7 Å². The fraction of sp³-hybridized carbons (Fsp3) is 0.450. The molecule has 1 fully saturated rings. The van der Waals surface area contributed by atoms with E-state index in [0.717, 1.165) is 11.3 Å². The minimum atomic E-state index is -1.39. The molecular weight excluding hydrogens is 377 g/mol. The Morgan fingerprint density at radius 3 is 2.68 bits per heavy atom. The second-order valence-electron chi connectivity index (χ2n) is 7.96. The molecule has 0 unspecified atom stereocenters. The smallest absolute Gasteiger partial charge is 0.226 e. The molecule has 3 heterocycles. The molecule has 0 radical (unpaired) electrons. The normalized spacial score (nSPS) is 24.8. The van der Waals surface area contributed by atoms with Crippen LogP contribution in [0.15, 0.2) is 35.3 Å². The lowest BCUT2D eigenvalue weighted by Crippen LogP contribution is -2.40. The Kier molecular flexibility index (Phi) is 4.58. The Hall–Kier alpha value is -2.19. The number of aliphatic hydroxyl groups is 1. The van der Waals surface area contributed by atoms with Gasteiger partial charge in [0.2, 0.25) is 5.95 Å². The number of hydrogen-bond donors (Lipinski definition) is 2. The van der Waals surface area contributed by atoms with E-state index in [9.17, 15) is 9.50 Å². The Balaban J connectivity index is 1.78. The molecule has 8 heteroatoms. The van der Waals surface area contributed by atoms with Gasteiger partial charge in [-0.05, 0) is 26.3 Å². The van der Waals surface area contributed by atoms with Crippen LogP contribution in [-0.2, 0) is 11.1 Å². The van der Waals surface area contributed by atoms with Gasteiger partial charge >= 0.3 is 0 Å². The summed E-state index contributed by atoms with van der Waals surface area (Å²) in [6.45, 7) is 5.89. The summed E-state index contributed by atoms with van der Waals surface area (Å²) >= 11 is 1.56. The number of fused-ring (bicyclic) bond motifs is 1. The van der Waals surface area contributed by atoms with Crippen molar-refractivity contribution in [2.45, 2.75) is 31.9 Å². The van der Waals surface area contributed by atoms with Crippen LogP contribution < -0.4 is 10.6 Å². The number of nitrogens with two attached hydrogens (primary N) is 1. The van der Waals surface area contributed by atoms with Crippen molar-refractivity contribution in [3.63, 3.8) is 0 Å². The van der Waals surface area contributed by atoms with Gasteiger partial charge in [0.25, 0.3) is 0 Å². The first kappa shape index (κ1) is 19.1. The van der Waals surface area contributed by atoms with Crippen molar-refractivity contribution in [1.29, 1.82) is 0 Å². The number of benzene rings is 1. The van der Waals surface area contributed by atoms with Gasteiger partial charge in [-0.25, -0.2) is 19.4 Å². The molecule has 1 saturated heterocycles. The Morgan fingerprint density at radius 1 is 1.29 bits per heavy atom. The molecule has 0 aliphatic carbocycles. The van der Waals surface area contributed by atoms with Crippen molar-refractivity contribution >= 4 is 22.9 Å². The molecule has 148 valence electrons. The molecule has 1 aromatic heterocycles. The third-order valence-electron chi connectivity index (χ3n) is 5.43. The zero-order valence-electron chi connectivity index (χ0n) is 16.2. The minimum absolute atomic E-state index is 0.0102. The molecule has 1 aromatic carbocycles. The SMILES string of the molecule is Cc1nc(N2C[C@H]3CSC(N)=N[C@@]3(c3ccccc3)C2)nc(C(C)(C)O)c1F. The third kappa shape index (κ3) is 3.14. The molecule has 2 aliphatic heterocycles. The van der Waals surface area contributed by atoms with Gasteiger partial charge in [-0.3, -0.25) is 0 Å². The van der Waals surface area contributed by atoms with Gasteiger partial charge in [0.05, 0.1) is 12.2 Å². The van der Waals surface area contributed by atoms with Crippen LogP contribution >= 0.6 is 11.8 Å². The summed E-state index contributed by atoms with van der Waals surface area (Å²) in [6.07, 6.45) is 0. The van der Waals surface area contributed by atoms with Crippen molar-refractivity contribution < 1.29 is 9.50 Å². The van der Waals surface area contributed by atoms with E-state index in [1.165, 1.54) is 13.8 Å². The molecule has 2 aromatic rings. The monoisotopic (exact) mass is 401 g/mol. The standard InChI is InChI=1S/C20H24FN5OS/c1-12-15(21)16(19(2,3)27)24-18(23-12)26-9-14-10-28-17(22)25-20(14,11-26)13-7-5-4-6-8-13/h4-8,14,27H,9-11H2,1-3H3,(H2,22,25)/t14-,20+/m0/s1. The molecule has 6 nitrogen and oxygen atoms in total. The second kappa shape index (κ2) is 6.70. The van der Waals surface area contributed by atoms with E-state index in [4.69, 9.17) is 10.7 Å². The zero-order chi connectivity index (χ0) is 20.1. The average molecular weight is 402 g/mol. The number of aliphatic imine (C=N–C) groups is 1. The van der Waals surface area contributed by atoms with Gasteiger partial charge in [0.1, 0.15) is 16.8 Å². The van der Waals surface area contributed by atoms with Crippen molar-refractivity contribution in [1.82, 2.24) is 9.97 Å². The Bertz CT molecular complexity index is 930. The number of rotatable bonds is 3. The highest BCUT2D eigenvalue weighted by molar-refractivity contribution is 8.13. The van der Waals surface area contributed by atoms with Crippen molar-refractivity contribution in [3.8, 4) is 0 Å². The number of anilines is 1. The Morgan fingerprint density at radius 2 is 2.00 bits per heavy atom. The lowest BCUT2D eigenvalue weighted by molar-refractivity contribution is 0.0691. The van der Waals surface area contributed by atoms with Gasteiger partial charge in [-0.1, -0.05) is 42.1 Å². The molecule has 4 rings (SSSR count). The lowest BCUT2D eigenvalue weighted by Gasteiger charge is -2.34. The fourth-order valence-electron chi connectivity index (χ4n) is 4.00. The molecule has 3 N–H and O–H groups in total. The van der Waals surface area contributed by atoms with Gasteiger partial charge in [-0.2, -0.15) is 0 Å². The number of aromatic nitrogens is 2. The van der Waals surface area contributed by atoms with Gasteiger partial charge in [0, 0.05) is 18.2 Å². The molecule has 0 spiro atoms. The summed E-state index contributed by atoms with van der Waals surface area (Å²) in [4.78, 5) is 15.7. The van der Waals surface area contributed by atoms with E-state index in [-0.39, 0.29) is 17.3 Å². The first-order chi connectivity index (χ1) is 13.2. The molecule has 2 aliphatic rings. The summed E-state index contributed by atoms with van der Waals surface area (Å²) in [5.74, 6) is 0.925. The lowest BCUT2D eigenvalue weighted by atomic mass is 9.82. The summed E-state index contributed by atoms with van der Waals surface area (Å²) < 4.78 is 14.5. The number of amidine groups is 1. The van der Waals surface area contributed by atoms with E-state index in [1.54, 1.807) is 18.7 Å². The van der Waals surface area contributed by atoms with E-state index >= 15 is 0 Å². The highest BCUT2D eigenvalue weighted by Crippen LogP contribution is 2.46. The van der Waals surface area contributed by atoms with Crippen LogP contribution in [0.2, 0.25) is 0 Å². The second-order valence-corrected chi connectivity index (χ2v) is 9.00. The number of hydrogen-bond acceptors (Lipinski definition) is 7. The molecule has 0 saturated carbocycles. The summed E-state index contributed by atoms with van der Waals surface area (Å²) in [7, 11) is 0. The number of halogens is 1. The van der Waals surface area contributed by atoms with Gasteiger partial charge < -0.3 is 15.7 Å². The molecule has 2 atom stereocenters. The first-order valence-electron chi connectivity index (χ1n) is 9.26. The van der Waals surface area contributed by atoms with Crippen molar-refractivity contribution in [2.75, 3.05) is 23.7 Å². The van der Waals surface area contributed by atoms with Crippen LogP contribution in [0.25, 0.3) is 0 Å². The quantitative estimate of drug-likeness (QED) is 0.822. The topological polar surface area (TPSA) is 87.6 Å². The summed E-state index contributed by atoms with van der Waals surface area (Å²) in [5, 5.41) is 10.9. The van der Waals surface area contributed by atoms with Crippen LogP contribution in [-0.4, -0.2) is 39.1 Å². The maximum absolute atomic E-state index is 14.5. The van der Waals surface area contributed by atoms with E-state index in [2.05, 4.69) is 22.1 Å². The van der Waals surface area contributed by atoms with Gasteiger partial charge in [-0.15, -0.1) is 0 Å². The van der Waals surface area contributed by atoms with Crippen LogP contribution in [0.5, 0.6) is 0 Å². The van der Waals surface area contributed by atoms with E-state index in [0.29, 0.717) is 24.2 Å². The molecular formula is C20H24FN5OS. The predicted octanol–water partition coefficient (Wildman–Crippen LogP) is 2.54. The van der Waals surface area contributed by atoms with Crippen molar-refractivity contribution in [3.05, 3.63) is 53.1 Å². The highest BCUT2D eigenvalue weighted by atomic mass is 32.2. The van der Waals surface area contributed by atoms with Gasteiger partial charge in [0.15, 0.2) is 11.0 Å². The molecule has 28 heavy (non-hydrogen) atoms. The summed E-state index contributed by atoms with van der Waals surface area (Å²) in [5.41, 5.74) is 5.57. The van der Waals surface area contributed by atoms with E-state index < -0.39 is 17.0 Å². The number of aryl methyl sites for hydroxylation is 1. The molecule has 0 bridgehead atoms. The fourth-order valence-corrected chi connectivity index (χ4v) is 4.98. The molecule has 0 amide bonds. The predicted molar refractivity (Wildman–Crippen MR) is 110 cm³/mol. The maximum atomic E-state index is 14.5. The van der Waals surface area contributed by atoms with Crippen LogP contribution in [0.1, 0.15) is 30.8 Å². The number of nitrogens with zero attached hydrogens (tertiary/aromatic N) is 4. The zero-order valence-corrected chi connectivity index (χ0v) is 17.0. The van der Waals surface area contributed by atoms with E-state index in [1.807, 2.05) is 23.1 Å². The average Bonchev–Trinajstić information content (AvgIpc) is 3.03. The van der Waals surface area contributed by atoms with Crippen LogP contribution in [0.3, 0.4) is 0 Å². The Labute approximate surface area is 168 Å². The van der Waals surface area contributed by atoms with Crippen LogP contribution in [0.4, 0.5) is 10.3 Å². The minimum Gasteiger partial charge on any atom is -0.384 e. The third-order valence-corrected chi connectivity index (χ3v) is 6.39. The first-order valence-corrected chi connectivity index (χ1v) is 10.2. The number of thioether (sulfide) groups is 1.